The molecule has 3 rings (SSSR count). The molecule has 0 radical (unpaired) electrons. The Morgan fingerprint density at radius 3 is 2.57 bits per heavy atom. The van der Waals surface area contributed by atoms with Gasteiger partial charge in [0.05, 0.1) is 0 Å². The molecule has 3 nitrogen and oxygen atoms in total. The van der Waals surface area contributed by atoms with Crippen LogP contribution in [0.3, 0.4) is 0 Å². The maximum Gasteiger partial charge on any atom is 0.231 e. The molecule has 23 heavy (non-hydrogen) atoms. The SMILES string of the molecule is CC(C)c1cc2c(c(-c3ccc(F)cc3)c1/C=C/C=O)OCO2. The first-order chi connectivity index (χ1) is 11.1. The third kappa shape index (κ3) is 2.84. The molecule has 0 spiro atoms. The van der Waals surface area contributed by atoms with Gasteiger partial charge < -0.3 is 9.47 Å². The van der Waals surface area contributed by atoms with Crippen molar-refractivity contribution in [2.45, 2.75) is 19.8 Å². The van der Waals surface area contributed by atoms with E-state index in [-0.39, 0.29) is 18.5 Å². The number of carbonyl (C=O) groups is 1. The minimum absolute atomic E-state index is 0.155. The zero-order chi connectivity index (χ0) is 16.4. The Kier molecular flexibility index (Phi) is 4.15. The van der Waals surface area contributed by atoms with Gasteiger partial charge in [-0.15, -0.1) is 0 Å². The number of halogens is 1. The number of allylic oxidation sites excluding steroid dienone is 1. The summed E-state index contributed by atoms with van der Waals surface area (Å²) in [7, 11) is 0. The van der Waals surface area contributed by atoms with Crippen molar-refractivity contribution in [2.75, 3.05) is 6.79 Å². The molecule has 0 N–H and O–H groups in total. The minimum atomic E-state index is -0.299. The van der Waals surface area contributed by atoms with Crippen LogP contribution in [0.15, 0.2) is 36.4 Å². The zero-order valence-corrected chi connectivity index (χ0v) is 13.0. The van der Waals surface area contributed by atoms with Crippen LogP contribution in [0.5, 0.6) is 11.5 Å². The Morgan fingerprint density at radius 2 is 1.91 bits per heavy atom. The molecule has 1 aliphatic rings. The molecule has 2 aromatic rings. The van der Waals surface area contributed by atoms with Gasteiger partial charge in [0, 0.05) is 5.56 Å². The van der Waals surface area contributed by atoms with Gasteiger partial charge in [0.15, 0.2) is 11.5 Å². The first-order valence-corrected chi connectivity index (χ1v) is 7.46. The predicted octanol–water partition coefficient (Wildman–Crippen LogP) is 4.56. The molecule has 0 bridgehead atoms. The number of ether oxygens (including phenoxy) is 2. The molecule has 0 atom stereocenters. The number of aldehydes is 1. The van der Waals surface area contributed by atoms with Crippen molar-refractivity contribution < 1.29 is 18.7 Å². The largest absolute Gasteiger partial charge is 0.454 e. The van der Waals surface area contributed by atoms with Crippen LogP contribution >= 0.6 is 0 Å². The molecule has 0 saturated carbocycles. The van der Waals surface area contributed by atoms with E-state index in [0.717, 1.165) is 28.5 Å². The Hall–Kier alpha value is -2.62. The van der Waals surface area contributed by atoms with Crippen molar-refractivity contribution in [1.29, 1.82) is 0 Å². The third-order valence-corrected chi connectivity index (χ3v) is 3.83. The van der Waals surface area contributed by atoms with E-state index < -0.39 is 0 Å². The zero-order valence-electron chi connectivity index (χ0n) is 13.0. The van der Waals surface area contributed by atoms with Gasteiger partial charge in [0.25, 0.3) is 0 Å². The first kappa shape index (κ1) is 15.3. The average Bonchev–Trinajstić information content (AvgIpc) is 3.00. The second-order valence-corrected chi connectivity index (χ2v) is 5.65. The lowest BCUT2D eigenvalue weighted by Gasteiger charge is -2.17. The molecule has 118 valence electrons. The molecule has 0 unspecified atom stereocenters. The highest BCUT2D eigenvalue weighted by Gasteiger charge is 2.25. The Bertz CT molecular complexity index is 761. The summed E-state index contributed by atoms with van der Waals surface area (Å²) >= 11 is 0. The highest BCUT2D eigenvalue weighted by molar-refractivity contribution is 5.88. The van der Waals surface area contributed by atoms with Crippen LogP contribution in [-0.2, 0) is 4.79 Å². The fourth-order valence-electron chi connectivity index (χ4n) is 2.77. The van der Waals surface area contributed by atoms with Gasteiger partial charge in [0.2, 0.25) is 6.79 Å². The van der Waals surface area contributed by atoms with Crippen LogP contribution in [-0.4, -0.2) is 13.1 Å². The van der Waals surface area contributed by atoms with E-state index in [9.17, 15) is 9.18 Å². The van der Waals surface area contributed by atoms with Gasteiger partial charge in [-0.2, -0.15) is 0 Å². The lowest BCUT2D eigenvalue weighted by molar-refractivity contribution is -0.104. The maximum absolute atomic E-state index is 13.3. The number of fused-ring (bicyclic) bond motifs is 1. The molecule has 0 amide bonds. The van der Waals surface area contributed by atoms with Crippen LogP contribution in [0, 0.1) is 5.82 Å². The van der Waals surface area contributed by atoms with Crippen molar-refractivity contribution in [3.8, 4) is 22.6 Å². The lowest BCUT2D eigenvalue weighted by atomic mass is 9.88. The quantitative estimate of drug-likeness (QED) is 0.613. The molecule has 0 aliphatic carbocycles. The molecule has 1 aliphatic heterocycles. The standard InChI is InChI=1S/C19H17FO3/c1-12(2)16-10-17-19(23-11-22-17)18(15(16)4-3-9-21)13-5-7-14(20)8-6-13/h3-10,12H,11H2,1-2H3/b4-3+. The van der Waals surface area contributed by atoms with Gasteiger partial charge in [-0.25, -0.2) is 4.39 Å². The summed E-state index contributed by atoms with van der Waals surface area (Å²) in [5, 5.41) is 0. The highest BCUT2D eigenvalue weighted by Crippen LogP contribution is 2.47. The van der Waals surface area contributed by atoms with Gasteiger partial charge in [-0.3, -0.25) is 4.79 Å². The van der Waals surface area contributed by atoms with Gasteiger partial charge in [0.1, 0.15) is 12.1 Å². The molecule has 0 fully saturated rings. The summed E-state index contributed by atoms with van der Waals surface area (Å²) in [6.07, 6.45) is 3.96. The van der Waals surface area contributed by atoms with E-state index in [4.69, 9.17) is 9.47 Å². The van der Waals surface area contributed by atoms with E-state index in [1.807, 2.05) is 6.07 Å². The minimum Gasteiger partial charge on any atom is -0.454 e. The van der Waals surface area contributed by atoms with Crippen LogP contribution < -0.4 is 9.47 Å². The van der Waals surface area contributed by atoms with Crippen molar-refractivity contribution in [3.05, 3.63) is 53.4 Å². The Balaban J connectivity index is 2.32. The molecule has 0 aromatic heterocycles. The first-order valence-electron chi connectivity index (χ1n) is 7.46. The average molecular weight is 312 g/mol. The summed E-state index contributed by atoms with van der Waals surface area (Å²) in [6.45, 7) is 4.30. The van der Waals surface area contributed by atoms with Crippen LogP contribution in [0.4, 0.5) is 4.39 Å². The van der Waals surface area contributed by atoms with Crippen molar-refractivity contribution in [3.63, 3.8) is 0 Å². The molecular weight excluding hydrogens is 295 g/mol. The van der Waals surface area contributed by atoms with E-state index in [2.05, 4.69) is 13.8 Å². The second kappa shape index (κ2) is 6.24. The molecule has 1 heterocycles. The van der Waals surface area contributed by atoms with Crippen molar-refractivity contribution in [1.82, 2.24) is 0 Å². The summed E-state index contributed by atoms with van der Waals surface area (Å²) in [6, 6.07) is 8.17. The smallest absolute Gasteiger partial charge is 0.231 e. The Morgan fingerprint density at radius 1 is 1.17 bits per heavy atom. The third-order valence-electron chi connectivity index (χ3n) is 3.83. The van der Waals surface area contributed by atoms with E-state index in [1.165, 1.54) is 18.2 Å². The number of carbonyl (C=O) groups excluding carboxylic acids is 1. The molecule has 0 saturated heterocycles. The van der Waals surface area contributed by atoms with Gasteiger partial charge in [-0.05, 0) is 46.9 Å². The van der Waals surface area contributed by atoms with E-state index >= 15 is 0 Å². The van der Waals surface area contributed by atoms with E-state index in [0.29, 0.717) is 11.5 Å². The van der Waals surface area contributed by atoms with Gasteiger partial charge in [-0.1, -0.05) is 32.1 Å². The molecule has 4 heteroatoms. The number of rotatable bonds is 4. The number of hydrogen-bond donors (Lipinski definition) is 0. The lowest BCUT2D eigenvalue weighted by Crippen LogP contribution is -1.97. The number of benzene rings is 2. The monoisotopic (exact) mass is 312 g/mol. The van der Waals surface area contributed by atoms with Crippen LogP contribution in [0.1, 0.15) is 30.9 Å². The highest BCUT2D eigenvalue weighted by atomic mass is 19.1. The van der Waals surface area contributed by atoms with E-state index in [1.54, 1.807) is 18.2 Å². The maximum atomic E-state index is 13.3. The summed E-state index contributed by atoms with van der Waals surface area (Å²) in [5.74, 6) is 1.24. The molecule has 2 aromatic carbocycles. The fraction of sp³-hybridized carbons (Fsp3) is 0.211. The van der Waals surface area contributed by atoms with Crippen LogP contribution in [0.25, 0.3) is 17.2 Å². The summed E-state index contributed by atoms with van der Waals surface area (Å²) < 4.78 is 24.4. The fourth-order valence-corrected chi connectivity index (χ4v) is 2.77. The predicted molar refractivity (Wildman–Crippen MR) is 87.1 cm³/mol. The molecular formula is C19H17FO3. The topological polar surface area (TPSA) is 35.5 Å². The van der Waals surface area contributed by atoms with Crippen molar-refractivity contribution in [2.24, 2.45) is 0 Å². The Labute approximate surface area is 134 Å². The van der Waals surface area contributed by atoms with Crippen LogP contribution in [0.2, 0.25) is 0 Å². The second-order valence-electron chi connectivity index (χ2n) is 5.65. The van der Waals surface area contributed by atoms with Crippen molar-refractivity contribution >= 4 is 12.4 Å². The number of hydrogen-bond acceptors (Lipinski definition) is 3. The summed E-state index contributed by atoms with van der Waals surface area (Å²) in [4.78, 5) is 10.8. The summed E-state index contributed by atoms with van der Waals surface area (Å²) in [5.41, 5.74) is 3.58. The normalized spacial score (nSPS) is 13.0. The van der Waals surface area contributed by atoms with Gasteiger partial charge >= 0.3 is 0 Å².